The molecule has 2 aromatic carbocycles. The number of amides is 1. The van der Waals surface area contributed by atoms with Crippen molar-refractivity contribution in [2.75, 3.05) is 6.54 Å². The molecule has 0 unspecified atom stereocenters. The number of hydrogen-bond acceptors (Lipinski definition) is 7. The molecule has 2 atom stereocenters. The van der Waals surface area contributed by atoms with E-state index in [2.05, 4.69) is 15.5 Å². The van der Waals surface area contributed by atoms with Crippen LogP contribution in [0.25, 0.3) is 0 Å². The van der Waals surface area contributed by atoms with E-state index in [-0.39, 0.29) is 18.8 Å². The molecule has 1 aliphatic rings. The number of alkyl halides is 3. The van der Waals surface area contributed by atoms with E-state index in [0.717, 1.165) is 0 Å². The number of carboxylic acid groups (broad SMARTS) is 1. The van der Waals surface area contributed by atoms with Crippen LogP contribution in [-0.2, 0) is 30.6 Å². The highest BCUT2D eigenvalue weighted by atomic mass is 32.2. The lowest BCUT2D eigenvalue weighted by Crippen LogP contribution is -2.48. The van der Waals surface area contributed by atoms with E-state index in [0.29, 0.717) is 41.2 Å². The fourth-order valence-corrected chi connectivity index (χ4v) is 4.53. The lowest BCUT2D eigenvalue weighted by atomic mass is 10.0. The summed E-state index contributed by atoms with van der Waals surface area (Å²) in [7, 11) is -4.50. The molecule has 0 radical (unpaired) electrons. The summed E-state index contributed by atoms with van der Waals surface area (Å²) in [6.07, 6.45) is -5.23. The molecule has 0 spiro atoms. The van der Waals surface area contributed by atoms with Crippen molar-refractivity contribution in [2.45, 2.75) is 36.1 Å². The van der Waals surface area contributed by atoms with Gasteiger partial charge in [-0.05, 0) is 42.0 Å². The topological polar surface area (TPSA) is 199 Å². The molecule has 0 aliphatic carbocycles. The summed E-state index contributed by atoms with van der Waals surface area (Å²) in [5.74, 6) is -2.33. The van der Waals surface area contributed by atoms with Gasteiger partial charge in [0.05, 0.1) is 28.3 Å². The third-order valence-corrected chi connectivity index (χ3v) is 6.68. The Morgan fingerprint density at radius 1 is 1.13 bits per heavy atom. The van der Waals surface area contributed by atoms with Crippen LogP contribution in [0.1, 0.15) is 24.0 Å². The van der Waals surface area contributed by atoms with Crippen LogP contribution in [0.2, 0.25) is 0 Å². The number of carboxylic acids is 1. The van der Waals surface area contributed by atoms with Gasteiger partial charge in [0.15, 0.2) is 5.96 Å². The fourth-order valence-electron chi connectivity index (χ4n) is 3.34. The first kappa shape index (κ1) is 28.4. The molecule has 1 amide bonds. The zero-order valence-corrected chi connectivity index (χ0v) is 20.3. The maximum absolute atomic E-state index is 12.7. The number of halogens is 3. The first-order chi connectivity index (χ1) is 17.7. The summed E-state index contributed by atoms with van der Waals surface area (Å²) in [6, 6.07) is 7.49. The standard InChI is InChI=1S/C22H23F3N6O6S/c23-22(24,25)13-3-7-16(8-4-13)38(35,36)31-18(20(33)34)11-28-19(32)10-15-9-17(30-37-15)12-1-5-14(6-2-12)29-21(26)27/h1-8,15,18,31H,9-11H2,(H,28,32)(H,33,34)(H4,26,27,29)/t15-,18-/m0/s1. The second-order valence-corrected chi connectivity index (χ2v) is 9.81. The molecular weight excluding hydrogens is 533 g/mol. The van der Waals surface area contributed by atoms with Crippen LogP contribution >= 0.6 is 0 Å². The maximum atomic E-state index is 12.7. The predicted octanol–water partition coefficient (Wildman–Crippen LogP) is 1.04. The van der Waals surface area contributed by atoms with Gasteiger partial charge in [0.1, 0.15) is 12.1 Å². The van der Waals surface area contributed by atoms with E-state index in [4.69, 9.17) is 16.3 Å². The Bertz CT molecular complexity index is 1340. The van der Waals surface area contributed by atoms with E-state index in [1.165, 1.54) is 0 Å². The smallest absolute Gasteiger partial charge is 0.416 e. The summed E-state index contributed by atoms with van der Waals surface area (Å²) in [5, 5.41) is 15.6. The molecule has 2 aromatic rings. The lowest BCUT2D eigenvalue weighted by Gasteiger charge is -2.16. The van der Waals surface area contributed by atoms with Crippen LogP contribution < -0.4 is 21.5 Å². The zero-order chi connectivity index (χ0) is 28.1. The van der Waals surface area contributed by atoms with Crippen molar-refractivity contribution in [1.82, 2.24) is 10.0 Å². The molecule has 0 aromatic heterocycles. The van der Waals surface area contributed by atoms with Gasteiger partial charge >= 0.3 is 12.1 Å². The summed E-state index contributed by atoms with van der Waals surface area (Å²) >= 11 is 0. The number of guanidine groups is 1. The number of hydrogen-bond donors (Lipinski definition) is 5. The van der Waals surface area contributed by atoms with Gasteiger partial charge in [-0.25, -0.2) is 13.4 Å². The van der Waals surface area contributed by atoms with Crippen LogP contribution in [0, 0.1) is 0 Å². The second kappa shape index (κ2) is 11.5. The van der Waals surface area contributed by atoms with Crippen molar-refractivity contribution in [2.24, 2.45) is 21.6 Å². The normalized spacial score (nSPS) is 16.2. The van der Waals surface area contributed by atoms with E-state index < -0.39 is 57.2 Å². The van der Waals surface area contributed by atoms with Gasteiger partial charge in [-0.2, -0.15) is 17.9 Å². The molecule has 0 bridgehead atoms. The Morgan fingerprint density at radius 2 is 1.76 bits per heavy atom. The molecular formula is C22H23F3N6O6S. The quantitative estimate of drug-likeness (QED) is 0.211. The van der Waals surface area contributed by atoms with E-state index in [1.807, 2.05) is 4.72 Å². The molecule has 1 aliphatic heterocycles. The van der Waals surface area contributed by atoms with Gasteiger partial charge in [-0.1, -0.05) is 17.3 Å². The number of nitrogens with two attached hydrogens (primary N) is 2. The second-order valence-electron chi connectivity index (χ2n) is 8.10. The molecule has 12 nitrogen and oxygen atoms in total. The van der Waals surface area contributed by atoms with Crippen molar-refractivity contribution in [3.8, 4) is 0 Å². The highest BCUT2D eigenvalue weighted by Crippen LogP contribution is 2.29. The molecule has 3 rings (SSSR count). The minimum atomic E-state index is -4.67. The number of sulfonamides is 1. The van der Waals surface area contributed by atoms with Gasteiger partial charge in [-0.3, -0.25) is 9.59 Å². The van der Waals surface area contributed by atoms with Crippen LogP contribution in [0.4, 0.5) is 18.9 Å². The van der Waals surface area contributed by atoms with Crippen LogP contribution in [0.5, 0.6) is 0 Å². The van der Waals surface area contributed by atoms with Crippen molar-refractivity contribution < 1.29 is 41.1 Å². The number of oxime groups is 1. The number of nitrogens with one attached hydrogen (secondary N) is 2. The number of carbonyl (C=O) groups is 2. The lowest BCUT2D eigenvalue weighted by molar-refractivity contribution is -0.139. The molecule has 1 heterocycles. The van der Waals surface area contributed by atoms with Crippen molar-refractivity contribution in [3.05, 3.63) is 59.7 Å². The number of rotatable bonds is 10. The number of nitrogens with zero attached hydrogens (tertiary/aromatic N) is 2. The highest BCUT2D eigenvalue weighted by molar-refractivity contribution is 7.89. The first-order valence-corrected chi connectivity index (χ1v) is 12.3. The van der Waals surface area contributed by atoms with Gasteiger partial charge in [0.2, 0.25) is 15.9 Å². The van der Waals surface area contributed by atoms with Crippen molar-refractivity contribution >= 4 is 39.3 Å². The van der Waals surface area contributed by atoms with Gasteiger partial charge in [0.25, 0.3) is 0 Å². The SMILES string of the molecule is NC(N)=Nc1ccc(C2=NO[C@H](CC(=O)NC[C@H](NS(=O)(=O)c3ccc(C(F)(F)F)cc3)C(=O)O)C2)cc1. The highest BCUT2D eigenvalue weighted by Gasteiger charge is 2.32. The minimum Gasteiger partial charge on any atom is -0.480 e. The number of benzene rings is 2. The fraction of sp³-hybridized carbons (Fsp3) is 0.273. The van der Waals surface area contributed by atoms with Crippen LogP contribution in [0.3, 0.4) is 0 Å². The predicted molar refractivity (Wildman–Crippen MR) is 129 cm³/mol. The average Bonchev–Trinajstić information content (AvgIpc) is 3.29. The zero-order valence-electron chi connectivity index (χ0n) is 19.5. The third-order valence-electron chi connectivity index (χ3n) is 5.20. The molecule has 16 heteroatoms. The summed E-state index contributed by atoms with van der Waals surface area (Å²) in [4.78, 5) is 32.5. The minimum absolute atomic E-state index is 0.0945. The van der Waals surface area contributed by atoms with Crippen LogP contribution in [-0.4, -0.2) is 55.8 Å². The monoisotopic (exact) mass is 556 g/mol. The molecule has 0 saturated heterocycles. The van der Waals surface area contributed by atoms with Gasteiger partial charge in [-0.15, -0.1) is 0 Å². The Balaban J connectivity index is 1.53. The van der Waals surface area contributed by atoms with E-state index in [1.54, 1.807) is 24.3 Å². The Hall–Kier alpha value is -4.18. The Kier molecular flexibility index (Phi) is 8.57. The number of aliphatic carboxylic acids is 1. The molecule has 0 fully saturated rings. The molecule has 204 valence electrons. The van der Waals surface area contributed by atoms with Crippen molar-refractivity contribution in [3.63, 3.8) is 0 Å². The largest absolute Gasteiger partial charge is 0.480 e. The maximum Gasteiger partial charge on any atom is 0.416 e. The molecule has 0 saturated carbocycles. The first-order valence-electron chi connectivity index (χ1n) is 10.9. The van der Waals surface area contributed by atoms with E-state index >= 15 is 0 Å². The van der Waals surface area contributed by atoms with Gasteiger partial charge in [0, 0.05) is 13.0 Å². The summed E-state index contributed by atoms with van der Waals surface area (Å²) < 4.78 is 64.9. The Labute approximate surface area is 214 Å². The average molecular weight is 557 g/mol. The number of aliphatic imine (C=N–C) groups is 1. The summed E-state index contributed by atoms with van der Waals surface area (Å²) in [6.45, 7) is -0.624. The number of carbonyl (C=O) groups excluding carboxylic acids is 1. The molecule has 7 N–H and O–H groups in total. The Morgan fingerprint density at radius 3 is 2.32 bits per heavy atom. The van der Waals surface area contributed by atoms with E-state index in [9.17, 15) is 36.3 Å². The molecule has 38 heavy (non-hydrogen) atoms. The summed E-state index contributed by atoms with van der Waals surface area (Å²) in [5.41, 5.74) is 11.4. The van der Waals surface area contributed by atoms with Gasteiger partial charge < -0.3 is 26.7 Å². The van der Waals surface area contributed by atoms with Crippen molar-refractivity contribution in [1.29, 1.82) is 0 Å². The third kappa shape index (κ3) is 7.66. The van der Waals surface area contributed by atoms with Crippen LogP contribution in [0.15, 0.2) is 63.6 Å².